The van der Waals surface area contributed by atoms with Crippen LogP contribution in [0, 0.1) is 13.8 Å². The van der Waals surface area contributed by atoms with E-state index in [0.29, 0.717) is 5.11 Å². The number of unbranched alkanes of at least 4 members (excludes halogenated alkanes) is 1. The third-order valence-corrected chi connectivity index (χ3v) is 3.36. The molecule has 4 heteroatoms. The van der Waals surface area contributed by atoms with E-state index in [1.807, 2.05) is 0 Å². The molecule has 0 aromatic heterocycles. The Morgan fingerprint density at radius 1 is 1.35 bits per heavy atom. The van der Waals surface area contributed by atoms with E-state index in [4.69, 9.17) is 12.2 Å². The van der Waals surface area contributed by atoms with E-state index in [9.17, 15) is 0 Å². The summed E-state index contributed by atoms with van der Waals surface area (Å²) in [6.45, 7) is 7.25. The number of rotatable bonds is 4. The summed E-state index contributed by atoms with van der Waals surface area (Å²) >= 11 is 8.82. The molecule has 17 heavy (non-hydrogen) atoms. The highest BCUT2D eigenvalue weighted by Gasteiger charge is 2.06. The number of halogens is 1. The van der Waals surface area contributed by atoms with Gasteiger partial charge in [0.1, 0.15) is 0 Å². The third-order valence-electron chi connectivity index (χ3n) is 2.49. The summed E-state index contributed by atoms with van der Waals surface area (Å²) in [5.74, 6) is 0. The number of hydrogen-bond donors (Lipinski definition) is 2. The molecule has 0 saturated carbocycles. The lowest BCUT2D eigenvalue weighted by atomic mass is 10.1. The molecule has 0 heterocycles. The second kappa shape index (κ2) is 6.97. The molecule has 0 radical (unpaired) electrons. The minimum absolute atomic E-state index is 0.686. The minimum Gasteiger partial charge on any atom is -0.362 e. The summed E-state index contributed by atoms with van der Waals surface area (Å²) < 4.78 is 1.05. The SMILES string of the molecule is CCCCNC(=S)Nc1c(C)cc(C)cc1Br. The van der Waals surface area contributed by atoms with E-state index >= 15 is 0 Å². The number of hydrogen-bond acceptors (Lipinski definition) is 1. The van der Waals surface area contributed by atoms with Crippen LogP contribution in [0.3, 0.4) is 0 Å². The molecule has 0 fully saturated rings. The van der Waals surface area contributed by atoms with Crippen LogP contribution in [0.2, 0.25) is 0 Å². The molecule has 2 nitrogen and oxygen atoms in total. The van der Waals surface area contributed by atoms with E-state index in [-0.39, 0.29) is 0 Å². The number of benzene rings is 1. The van der Waals surface area contributed by atoms with Crippen LogP contribution in [0.1, 0.15) is 30.9 Å². The number of thiocarbonyl (C=S) groups is 1. The van der Waals surface area contributed by atoms with Crippen LogP contribution in [0.25, 0.3) is 0 Å². The number of anilines is 1. The van der Waals surface area contributed by atoms with Crippen molar-refractivity contribution in [3.8, 4) is 0 Å². The Morgan fingerprint density at radius 3 is 2.65 bits per heavy atom. The zero-order valence-corrected chi connectivity index (χ0v) is 13.0. The standard InChI is InChI=1S/C13H19BrN2S/c1-4-5-6-15-13(17)16-12-10(3)7-9(2)8-11(12)14/h7-8H,4-6H2,1-3H3,(H2,15,16,17). The molecule has 0 atom stereocenters. The maximum absolute atomic E-state index is 5.26. The van der Waals surface area contributed by atoms with Crippen LogP contribution in [0.4, 0.5) is 5.69 Å². The summed E-state index contributed by atoms with van der Waals surface area (Å²) in [5.41, 5.74) is 3.48. The molecule has 0 bridgehead atoms. The third kappa shape index (κ3) is 4.64. The van der Waals surface area contributed by atoms with Crippen molar-refractivity contribution in [2.75, 3.05) is 11.9 Å². The highest BCUT2D eigenvalue weighted by Crippen LogP contribution is 2.27. The number of aryl methyl sites for hydroxylation is 2. The molecule has 0 saturated heterocycles. The van der Waals surface area contributed by atoms with E-state index in [1.54, 1.807) is 0 Å². The normalized spacial score (nSPS) is 10.1. The van der Waals surface area contributed by atoms with Gasteiger partial charge in [-0.25, -0.2) is 0 Å². The molecule has 0 aliphatic heterocycles. The number of nitrogens with one attached hydrogen (secondary N) is 2. The maximum Gasteiger partial charge on any atom is 0.170 e. The smallest absolute Gasteiger partial charge is 0.170 e. The fraction of sp³-hybridized carbons (Fsp3) is 0.462. The van der Waals surface area contributed by atoms with Gasteiger partial charge in [-0.15, -0.1) is 0 Å². The van der Waals surface area contributed by atoms with Gasteiger partial charge in [0.25, 0.3) is 0 Å². The van der Waals surface area contributed by atoms with E-state index in [0.717, 1.165) is 23.1 Å². The molecule has 0 unspecified atom stereocenters. The second-order valence-electron chi connectivity index (χ2n) is 4.17. The first-order valence-corrected chi connectivity index (χ1v) is 7.06. The molecule has 2 N–H and O–H groups in total. The van der Waals surface area contributed by atoms with Crippen molar-refractivity contribution in [1.82, 2.24) is 5.32 Å². The fourth-order valence-electron chi connectivity index (χ4n) is 1.61. The maximum atomic E-state index is 5.26. The van der Waals surface area contributed by atoms with Gasteiger partial charge in [-0.1, -0.05) is 19.4 Å². The first-order valence-electron chi connectivity index (χ1n) is 5.86. The van der Waals surface area contributed by atoms with Crippen molar-refractivity contribution in [1.29, 1.82) is 0 Å². The van der Waals surface area contributed by atoms with Crippen molar-refractivity contribution in [3.63, 3.8) is 0 Å². The second-order valence-corrected chi connectivity index (χ2v) is 5.44. The molecule has 1 aromatic rings. The summed E-state index contributed by atoms with van der Waals surface area (Å²) in [7, 11) is 0. The van der Waals surface area contributed by atoms with E-state index in [1.165, 1.54) is 17.5 Å². The van der Waals surface area contributed by atoms with Crippen LogP contribution in [0.5, 0.6) is 0 Å². The van der Waals surface area contributed by atoms with Gasteiger partial charge in [0, 0.05) is 11.0 Å². The molecule has 0 spiro atoms. The summed E-state index contributed by atoms with van der Waals surface area (Å²) in [6, 6.07) is 4.23. The van der Waals surface area contributed by atoms with E-state index < -0.39 is 0 Å². The van der Waals surface area contributed by atoms with Gasteiger partial charge in [-0.2, -0.15) is 0 Å². The predicted molar refractivity (Wildman–Crippen MR) is 82.7 cm³/mol. The highest BCUT2D eigenvalue weighted by molar-refractivity contribution is 9.10. The van der Waals surface area contributed by atoms with Crippen LogP contribution in [-0.4, -0.2) is 11.7 Å². The van der Waals surface area contributed by atoms with Gasteiger partial charge in [0.2, 0.25) is 0 Å². The van der Waals surface area contributed by atoms with Crippen molar-refractivity contribution < 1.29 is 0 Å². The van der Waals surface area contributed by atoms with Crippen LogP contribution in [-0.2, 0) is 0 Å². The Balaban J connectivity index is 2.65. The topological polar surface area (TPSA) is 24.1 Å². The Kier molecular flexibility index (Phi) is 5.92. The Bertz CT molecular complexity index is 381. The fourth-order valence-corrected chi connectivity index (χ4v) is 2.59. The average molecular weight is 315 g/mol. The van der Waals surface area contributed by atoms with Gasteiger partial charge in [0.15, 0.2) is 5.11 Å². The lowest BCUT2D eigenvalue weighted by Gasteiger charge is -2.14. The molecule has 1 rings (SSSR count). The highest BCUT2D eigenvalue weighted by atomic mass is 79.9. The molecular formula is C13H19BrN2S. The monoisotopic (exact) mass is 314 g/mol. The zero-order chi connectivity index (χ0) is 12.8. The average Bonchev–Trinajstić information content (AvgIpc) is 2.24. The lowest BCUT2D eigenvalue weighted by molar-refractivity contribution is 0.758. The summed E-state index contributed by atoms with van der Waals surface area (Å²) in [4.78, 5) is 0. The predicted octanol–water partition coefficient (Wildman–Crippen LogP) is 4.15. The largest absolute Gasteiger partial charge is 0.362 e. The first-order chi connectivity index (χ1) is 8.04. The molecule has 0 aliphatic carbocycles. The van der Waals surface area contributed by atoms with Gasteiger partial charge in [-0.3, -0.25) is 0 Å². The molecule has 0 amide bonds. The molecule has 94 valence electrons. The summed E-state index contributed by atoms with van der Waals surface area (Å²) in [6.07, 6.45) is 2.30. The van der Waals surface area contributed by atoms with Gasteiger partial charge in [0.05, 0.1) is 5.69 Å². The lowest BCUT2D eigenvalue weighted by Crippen LogP contribution is -2.29. The molecular weight excluding hydrogens is 296 g/mol. The van der Waals surface area contributed by atoms with Gasteiger partial charge >= 0.3 is 0 Å². The van der Waals surface area contributed by atoms with Gasteiger partial charge < -0.3 is 10.6 Å². The molecule has 1 aromatic carbocycles. The van der Waals surface area contributed by atoms with E-state index in [2.05, 4.69) is 59.5 Å². The van der Waals surface area contributed by atoms with Crippen molar-refractivity contribution >= 4 is 38.9 Å². The Morgan fingerprint density at radius 2 is 2.06 bits per heavy atom. The first kappa shape index (κ1) is 14.5. The minimum atomic E-state index is 0.686. The Hall–Kier alpha value is -0.610. The molecule has 0 aliphatic rings. The van der Waals surface area contributed by atoms with Crippen LogP contribution < -0.4 is 10.6 Å². The van der Waals surface area contributed by atoms with Crippen LogP contribution in [0.15, 0.2) is 16.6 Å². The zero-order valence-electron chi connectivity index (χ0n) is 10.6. The Labute approximate surface area is 117 Å². The van der Waals surface area contributed by atoms with Crippen molar-refractivity contribution in [3.05, 3.63) is 27.7 Å². The van der Waals surface area contributed by atoms with Gasteiger partial charge in [-0.05, 0) is 65.6 Å². The van der Waals surface area contributed by atoms with Crippen LogP contribution >= 0.6 is 28.1 Å². The van der Waals surface area contributed by atoms with Crippen molar-refractivity contribution in [2.24, 2.45) is 0 Å². The summed E-state index contributed by atoms with van der Waals surface area (Å²) in [5, 5.41) is 7.12. The van der Waals surface area contributed by atoms with Crippen molar-refractivity contribution in [2.45, 2.75) is 33.6 Å². The quantitative estimate of drug-likeness (QED) is 0.645.